The van der Waals surface area contributed by atoms with Crippen molar-refractivity contribution >= 4 is 0 Å². The number of aliphatic hydroxyl groups excluding tert-OH is 1. The summed E-state index contributed by atoms with van der Waals surface area (Å²) >= 11 is 0. The van der Waals surface area contributed by atoms with E-state index in [1.807, 2.05) is 13.8 Å². The van der Waals surface area contributed by atoms with Gasteiger partial charge < -0.3 is 9.84 Å². The van der Waals surface area contributed by atoms with Gasteiger partial charge in [0, 0.05) is 6.61 Å². The molecule has 0 rings (SSSR count). The van der Waals surface area contributed by atoms with Gasteiger partial charge in [0.2, 0.25) is 0 Å². The van der Waals surface area contributed by atoms with Crippen molar-refractivity contribution in [3.05, 3.63) is 12.2 Å². The molecule has 0 bridgehead atoms. The molecule has 10 heavy (non-hydrogen) atoms. The lowest BCUT2D eigenvalue weighted by atomic mass is 10.3. The molecule has 1 atom stereocenters. The Hall–Kier alpha value is -0.340. The Morgan fingerprint density at radius 2 is 2.30 bits per heavy atom. The summed E-state index contributed by atoms with van der Waals surface area (Å²) in [6, 6.07) is 0. The van der Waals surface area contributed by atoms with Gasteiger partial charge in [-0.3, -0.25) is 0 Å². The molecule has 0 heterocycles. The molecular weight excluding hydrogens is 128 g/mol. The van der Waals surface area contributed by atoms with Gasteiger partial charge >= 0.3 is 0 Å². The van der Waals surface area contributed by atoms with Crippen molar-refractivity contribution in [3.63, 3.8) is 0 Å². The van der Waals surface area contributed by atoms with Crippen molar-refractivity contribution in [1.29, 1.82) is 0 Å². The molecule has 0 saturated carbocycles. The molecule has 2 nitrogen and oxygen atoms in total. The van der Waals surface area contributed by atoms with Crippen molar-refractivity contribution < 1.29 is 9.84 Å². The Balaban J connectivity index is 3.21. The molecule has 0 fully saturated rings. The van der Waals surface area contributed by atoms with Gasteiger partial charge in [-0.2, -0.15) is 0 Å². The Morgan fingerprint density at radius 1 is 1.70 bits per heavy atom. The van der Waals surface area contributed by atoms with E-state index in [1.54, 1.807) is 0 Å². The van der Waals surface area contributed by atoms with Crippen LogP contribution >= 0.6 is 0 Å². The number of ether oxygens (including phenoxy) is 1. The van der Waals surface area contributed by atoms with Crippen molar-refractivity contribution in [2.45, 2.75) is 26.4 Å². The third-order valence-electron chi connectivity index (χ3n) is 1.15. The zero-order valence-electron chi connectivity index (χ0n) is 6.76. The molecule has 0 saturated heterocycles. The van der Waals surface area contributed by atoms with Gasteiger partial charge in [-0.1, -0.05) is 12.2 Å². The topological polar surface area (TPSA) is 29.5 Å². The first-order valence-electron chi connectivity index (χ1n) is 3.53. The summed E-state index contributed by atoms with van der Waals surface area (Å²) in [4.78, 5) is 0. The molecule has 0 aliphatic carbocycles. The van der Waals surface area contributed by atoms with E-state index in [4.69, 9.17) is 9.84 Å². The molecule has 0 amide bonds. The molecule has 60 valence electrons. The Labute approximate surface area is 62.5 Å². The van der Waals surface area contributed by atoms with E-state index in [9.17, 15) is 0 Å². The summed E-state index contributed by atoms with van der Waals surface area (Å²) in [6.45, 7) is 8.36. The van der Waals surface area contributed by atoms with Gasteiger partial charge in [0.05, 0.1) is 12.7 Å². The maximum Gasteiger partial charge on any atom is 0.0675 e. The van der Waals surface area contributed by atoms with Crippen LogP contribution in [0.25, 0.3) is 0 Å². The summed E-state index contributed by atoms with van der Waals surface area (Å²) in [5.41, 5.74) is 1.02. The zero-order chi connectivity index (χ0) is 7.98. The molecule has 2 heteroatoms. The van der Waals surface area contributed by atoms with Crippen LogP contribution in [0.3, 0.4) is 0 Å². The molecule has 0 unspecified atom stereocenters. The summed E-state index contributed by atoms with van der Waals surface area (Å²) in [7, 11) is 0. The Bertz CT molecular complexity index is 99.4. The smallest absolute Gasteiger partial charge is 0.0675 e. The van der Waals surface area contributed by atoms with Crippen LogP contribution in [-0.2, 0) is 4.74 Å². The highest BCUT2D eigenvalue weighted by atomic mass is 16.5. The third kappa shape index (κ3) is 5.79. The number of aliphatic hydroxyl groups is 1. The van der Waals surface area contributed by atoms with Crippen LogP contribution in [0.4, 0.5) is 0 Å². The van der Waals surface area contributed by atoms with E-state index >= 15 is 0 Å². The minimum Gasteiger partial charge on any atom is -0.396 e. The second kappa shape index (κ2) is 5.45. The van der Waals surface area contributed by atoms with Crippen molar-refractivity contribution in [1.82, 2.24) is 0 Å². The average molecular weight is 144 g/mol. The number of hydrogen-bond donors (Lipinski definition) is 1. The van der Waals surface area contributed by atoms with Gasteiger partial charge in [-0.05, 0) is 20.3 Å². The fraction of sp³-hybridized carbons (Fsp3) is 0.750. The second-order valence-corrected chi connectivity index (χ2v) is 2.59. The van der Waals surface area contributed by atoms with E-state index < -0.39 is 0 Å². The van der Waals surface area contributed by atoms with Gasteiger partial charge in [0.25, 0.3) is 0 Å². The lowest BCUT2D eigenvalue weighted by Crippen LogP contribution is -2.11. The molecule has 0 aliphatic heterocycles. The van der Waals surface area contributed by atoms with Crippen LogP contribution in [0.5, 0.6) is 0 Å². The van der Waals surface area contributed by atoms with E-state index in [-0.39, 0.29) is 12.7 Å². The van der Waals surface area contributed by atoms with Crippen LogP contribution < -0.4 is 0 Å². The predicted octanol–water partition coefficient (Wildman–Crippen LogP) is 1.35. The summed E-state index contributed by atoms with van der Waals surface area (Å²) < 4.78 is 5.28. The fourth-order valence-electron chi connectivity index (χ4n) is 0.550. The van der Waals surface area contributed by atoms with Gasteiger partial charge in [0.1, 0.15) is 0 Å². The molecular formula is C8H16O2. The van der Waals surface area contributed by atoms with Crippen molar-refractivity contribution in [2.75, 3.05) is 13.2 Å². The SMILES string of the molecule is C=C(C)CO[C@H](C)CCO. The van der Waals surface area contributed by atoms with Crippen molar-refractivity contribution in [3.8, 4) is 0 Å². The maximum absolute atomic E-state index is 8.50. The highest BCUT2D eigenvalue weighted by molar-refractivity contribution is 4.87. The minimum absolute atomic E-state index is 0.140. The first kappa shape index (κ1) is 9.66. The molecule has 0 aromatic heterocycles. The first-order valence-corrected chi connectivity index (χ1v) is 3.53. The number of hydrogen-bond acceptors (Lipinski definition) is 2. The van der Waals surface area contributed by atoms with E-state index in [1.165, 1.54) is 0 Å². The highest BCUT2D eigenvalue weighted by Crippen LogP contribution is 1.98. The fourth-order valence-corrected chi connectivity index (χ4v) is 0.550. The van der Waals surface area contributed by atoms with Crippen molar-refractivity contribution in [2.24, 2.45) is 0 Å². The van der Waals surface area contributed by atoms with E-state index in [0.29, 0.717) is 13.0 Å². The van der Waals surface area contributed by atoms with Crippen LogP contribution in [0.1, 0.15) is 20.3 Å². The molecule has 0 aromatic rings. The van der Waals surface area contributed by atoms with Crippen LogP contribution in [-0.4, -0.2) is 24.4 Å². The molecule has 1 N–H and O–H groups in total. The Kier molecular flexibility index (Phi) is 5.26. The quantitative estimate of drug-likeness (QED) is 0.590. The molecule has 0 radical (unpaired) electrons. The van der Waals surface area contributed by atoms with Gasteiger partial charge in [0.15, 0.2) is 0 Å². The van der Waals surface area contributed by atoms with E-state index in [2.05, 4.69) is 6.58 Å². The minimum atomic E-state index is 0.140. The average Bonchev–Trinajstić information content (AvgIpc) is 1.85. The second-order valence-electron chi connectivity index (χ2n) is 2.59. The third-order valence-corrected chi connectivity index (χ3v) is 1.15. The van der Waals surface area contributed by atoms with E-state index in [0.717, 1.165) is 5.57 Å². The summed E-state index contributed by atoms with van der Waals surface area (Å²) in [5.74, 6) is 0. The normalized spacial score (nSPS) is 13.1. The predicted molar refractivity (Wildman–Crippen MR) is 41.9 cm³/mol. The Morgan fingerprint density at radius 3 is 2.70 bits per heavy atom. The largest absolute Gasteiger partial charge is 0.396 e. The lowest BCUT2D eigenvalue weighted by Gasteiger charge is -2.10. The van der Waals surface area contributed by atoms with Gasteiger partial charge in [-0.25, -0.2) is 0 Å². The van der Waals surface area contributed by atoms with Crippen LogP contribution in [0.2, 0.25) is 0 Å². The molecule has 0 spiro atoms. The van der Waals surface area contributed by atoms with Crippen LogP contribution in [0.15, 0.2) is 12.2 Å². The van der Waals surface area contributed by atoms with Crippen LogP contribution in [0, 0.1) is 0 Å². The molecule has 0 aromatic carbocycles. The first-order chi connectivity index (χ1) is 4.66. The maximum atomic E-state index is 8.50. The molecule has 0 aliphatic rings. The monoisotopic (exact) mass is 144 g/mol. The lowest BCUT2D eigenvalue weighted by molar-refractivity contribution is 0.0630. The zero-order valence-corrected chi connectivity index (χ0v) is 6.76. The summed E-state index contributed by atoms with van der Waals surface area (Å²) in [5, 5.41) is 8.50. The highest BCUT2D eigenvalue weighted by Gasteiger charge is 1.99. The standard InChI is InChI=1S/C8H16O2/c1-7(2)6-10-8(3)4-5-9/h8-9H,1,4-6H2,2-3H3/t8-/m1/s1. The number of rotatable bonds is 5. The van der Waals surface area contributed by atoms with Gasteiger partial charge in [-0.15, -0.1) is 0 Å². The summed E-state index contributed by atoms with van der Waals surface area (Å²) in [6.07, 6.45) is 0.842.